The first kappa shape index (κ1) is 13.9. The van der Waals surface area contributed by atoms with E-state index in [9.17, 15) is 13.6 Å². The molecule has 0 unspecified atom stereocenters. The Hall–Kier alpha value is -1.49. The standard InChI is InChI=1S/C14H18F2N2O/c1-9(12-7-11(15)3-4-13(12)16)18(2)14(19)10-5-6-17-8-10/h3-4,7,9-10,17H,5-6,8H2,1-2H3/t9-,10+/m0/s1. The predicted molar refractivity (Wildman–Crippen MR) is 68.5 cm³/mol. The first-order valence-electron chi connectivity index (χ1n) is 6.43. The summed E-state index contributed by atoms with van der Waals surface area (Å²) in [5.74, 6) is -1.07. The Balaban J connectivity index is 2.15. The largest absolute Gasteiger partial charge is 0.339 e. The van der Waals surface area contributed by atoms with Crippen LogP contribution < -0.4 is 5.32 Å². The maximum absolute atomic E-state index is 13.7. The van der Waals surface area contributed by atoms with Gasteiger partial charge in [-0.3, -0.25) is 4.79 Å². The fourth-order valence-electron chi connectivity index (χ4n) is 2.39. The minimum Gasteiger partial charge on any atom is -0.339 e. The summed E-state index contributed by atoms with van der Waals surface area (Å²) in [5, 5.41) is 3.13. The van der Waals surface area contributed by atoms with Crippen LogP contribution in [0.5, 0.6) is 0 Å². The van der Waals surface area contributed by atoms with Gasteiger partial charge in [-0.05, 0) is 38.1 Å². The number of nitrogens with zero attached hydrogens (tertiary/aromatic N) is 1. The minimum atomic E-state index is -0.494. The smallest absolute Gasteiger partial charge is 0.227 e. The molecule has 0 radical (unpaired) electrons. The number of hydrogen-bond donors (Lipinski definition) is 1. The Morgan fingerprint density at radius 1 is 1.47 bits per heavy atom. The molecule has 1 fully saturated rings. The zero-order chi connectivity index (χ0) is 14.0. The van der Waals surface area contributed by atoms with Crippen molar-refractivity contribution in [3.05, 3.63) is 35.4 Å². The number of carbonyl (C=O) groups is 1. The number of carbonyl (C=O) groups excluding carboxylic acids is 1. The van der Waals surface area contributed by atoms with E-state index in [1.807, 2.05) is 0 Å². The first-order chi connectivity index (χ1) is 9.00. The molecule has 0 aliphatic carbocycles. The van der Waals surface area contributed by atoms with Crippen LogP contribution in [0.2, 0.25) is 0 Å². The second-order valence-electron chi connectivity index (χ2n) is 4.98. The van der Waals surface area contributed by atoms with Crippen molar-refractivity contribution < 1.29 is 13.6 Å². The van der Waals surface area contributed by atoms with E-state index in [1.54, 1.807) is 14.0 Å². The Morgan fingerprint density at radius 3 is 2.84 bits per heavy atom. The van der Waals surface area contributed by atoms with E-state index in [0.29, 0.717) is 6.54 Å². The molecule has 1 heterocycles. The molecule has 0 bridgehead atoms. The molecule has 5 heteroatoms. The minimum absolute atomic E-state index is 0.0267. The molecule has 1 aromatic rings. The van der Waals surface area contributed by atoms with Crippen molar-refractivity contribution in [2.24, 2.45) is 5.92 Å². The van der Waals surface area contributed by atoms with Crippen molar-refractivity contribution in [1.29, 1.82) is 0 Å². The van der Waals surface area contributed by atoms with Gasteiger partial charge in [0.25, 0.3) is 0 Å². The Bertz CT molecular complexity index is 473. The van der Waals surface area contributed by atoms with Gasteiger partial charge >= 0.3 is 0 Å². The van der Waals surface area contributed by atoms with Gasteiger partial charge in [-0.2, -0.15) is 0 Å². The monoisotopic (exact) mass is 268 g/mol. The number of benzene rings is 1. The fraction of sp³-hybridized carbons (Fsp3) is 0.500. The average Bonchev–Trinajstić information content (AvgIpc) is 2.93. The van der Waals surface area contributed by atoms with Crippen molar-refractivity contribution in [2.45, 2.75) is 19.4 Å². The van der Waals surface area contributed by atoms with Gasteiger partial charge in [-0.15, -0.1) is 0 Å². The molecule has 1 aromatic carbocycles. The van der Waals surface area contributed by atoms with Crippen LogP contribution in [0, 0.1) is 17.6 Å². The summed E-state index contributed by atoms with van der Waals surface area (Å²) in [6.45, 7) is 3.19. The Morgan fingerprint density at radius 2 is 2.21 bits per heavy atom. The fourth-order valence-corrected chi connectivity index (χ4v) is 2.39. The van der Waals surface area contributed by atoms with Crippen molar-refractivity contribution >= 4 is 5.91 Å². The summed E-state index contributed by atoms with van der Waals surface area (Å²) in [6.07, 6.45) is 0.793. The van der Waals surface area contributed by atoms with Crippen LogP contribution in [-0.4, -0.2) is 30.9 Å². The van der Waals surface area contributed by atoms with E-state index in [2.05, 4.69) is 5.32 Å². The van der Waals surface area contributed by atoms with Gasteiger partial charge in [0.2, 0.25) is 5.91 Å². The second kappa shape index (κ2) is 5.65. The molecule has 104 valence electrons. The lowest BCUT2D eigenvalue weighted by Gasteiger charge is -2.28. The van der Waals surface area contributed by atoms with Crippen LogP contribution in [-0.2, 0) is 4.79 Å². The summed E-state index contributed by atoms with van der Waals surface area (Å²) in [6, 6.07) is 2.84. The normalized spacial score (nSPS) is 20.3. The van der Waals surface area contributed by atoms with Gasteiger partial charge in [0, 0.05) is 19.2 Å². The summed E-state index contributed by atoms with van der Waals surface area (Å²) in [5.41, 5.74) is 0.210. The number of nitrogens with one attached hydrogen (secondary N) is 1. The van der Waals surface area contributed by atoms with E-state index in [0.717, 1.165) is 31.2 Å². The van der Waals surface area contributed by atoms with Crippen LogP contribution >= 0.6 is 0 Å². The molecule has 1 aliphatic rings. The molecule has 19 heavy (non-hydrogen) atoms. The third kappa shape index (κ3) is 2.92. The topological polar surface area (TPSA) is 32.3 Å². The van der Waals surface area contributed by atoms with Crippen LogP contribution in [0.25, 0.3) is 0 Å². The quantitative estimate of drug-likeness (QED) is 0.910. The summed E-state index contributed by atoms with van der Waals surface area (Å²) in [7, 11) is 1.63. The molecule has 1 amide bonds. The second-order valence-corrected chi connectivity index (χ2v) is 4.98. The summed E-state index contributed by atoms with van der Waals surface area (Å²) in [4.78, 5) is 13.7. The van der Waals surface area contributed by atoms with Gasteiger partial charge in [0.15, 0.2) is 0 Å². The molecule has 1 saturated heterocycles. The number of rotatable bonds is 3. The van der Waals surface area contributed by atoms with Crippen molar-refractivity contribution in [1.82, 2.24) is 10.2 Å². The van der Waals surface area contributed by atoms with Crippen LogP contribution in [0.3, 0.4) is 0 Å². The highest BCUT2D eigenvalue weighted by molar-refractivity contribution is 5.79. The maximum Gasteiger partial charge on any atom is 0.227 e. The summed E-state index contributed by atoms with van der Waals surface area (Å²) < 4.78 is 26.9. The highest BCUT2D eigenvalue weighted by Gasteiger charge is 2.29. The van der Waals surface area contributed by atoms with Gasteiger partial charge < -0.3 is 10.2 Å². The maximum atomic E-state index is 13.7. The van der Waals surface area contributed by atoms with Crippen molar-refractivity contribution in [3.8, 4) is 0 Å². The third-order valence-corrected chi connectivity index (χ3v) is 3.75. The van der Waals surface area contributed by atoms with E-state index >= 15 is 0 Å². The first-order valence-corrected chi connectivity index (χ1v) is 6.43. The highest BCUT2D eigenvalue weighted by Crippen LogP contribution is 2.25. The molecule has 3 nitrogen and oxygen atoms in total. The molecule has 2 atom stereocenters. The lowest BCUT2D eigenvalue weighted by atomic mass is 10.0. The zero-order valence-corrected chi connectivity index (χ0v) is 11.1. The third-order valence-electron chi connectivity index (χ3n) is 3.75. The SMILES string of the molecule is C[C@@H](c1cc(F)ccc1F)N(C)C(=O)[C@@H]1CCNC1. The lowest BCUT2D eigenvalue weighted by molar-refractivity contribution is -0.135. The van der Waals surface area contributed by atoms with Gasteiger partial charge in [-0.25, -0.2) is 8.78 Å². The zero-order valence-electron chi connectivity index (χ0n) is 11.1. The van der Waals surface area contributed by atoms with Crippen LogP contribution in [0.4, 0.5) is 8.78 Å². The van der Waals surface area contributed by atoms with E-state index in [1.165, 1.54) is 4.90 Å². The highest BCUT2D eigenvalue weighted by atomic mass is 19.1. The van der Waals surface area contributed by atoms with Gasteiger partial charge in [-0.1, -0.05) is 0 Å². The van der Waals surface area contributed by atoms with E-state index < -0.39 is 17.7 Å². The molecule has 1 N–H and O–H groups in total. The molecule has 0 aromatic heterocycles. The molecule has 1 aliphatic heterocycles. The van der Waals surface area contributed by atoms with E-state index in [4.69, 9.17) is 0 Å². The molecule has 0 saturated carbocycles. The average molecular weight is 268 g/mol. The van der Waals surface area contributed by atoms with Gasteiger partial charge in [0.05, 0.1) is 12.0 Å². The summed E-state index contributed by atoms with van der Waals surface area (Å²) >= 11 is 0. The predicted octanol–water partition coefficient (Wildman–Crippen LogP) is 2.09. The number of amides is 1. The lowest BCUT2D eigenvalue weighted by Crippen LogP contribution is -2.36. The van der Waals surface area contributed by atoms with Gasteiger partial charge in [0.1, 0.15) is 11.6 Å². The Kier molecular flexibility index (Phi) is 4.14. The molecular formula is C14H18F2N2O. The van der Waals surface area contributed by atoms with E-state index in [-0.39, 0.29) is 17.4 Å². The molecule has 2 rings (SSSR count). The van der Waals surface area contributed by atoms with Crippen LogP contribution in [0.1, 0.15) is 24.9 Å². The number of hydrogen-bond acceptors (Lipinski definition) is 2. The van der Waals surface area contributed by atoms with Crippen molar-refractivity contribution in [3.63, 3.8) is 0 Å². The Labute approximate surface area is 111 Å². The number of halogens is 2. The van der Waals surface area contributed by atoms with Crippen LogP contribution in [0.15, 0.2) is 18.2 Å². The molecular weight excluding hydrogens is 250 g/mol. The molecule has 0 spiro atoms. The van der Waals surface area contributed by atoms with Crippen molar-refractivity contribution in [2.75, 3.05) is 20.1 Å².